The number of benzene rings is 1. The second-order valence-electron chi connectivity index (χ2n) is 7.43. The van der Waals surface area contributed by atoms with Gasteiger partial charge in [-0.1, -0.05) is 32.0 Å². The zero-order valence-electron chi connectivity index (χ0n) is 16.4. The van der Waals surface area contributed by atoms with Gasteiger partial charge in [0.2, 0.25) is 11.8 Å². The van der Waals surface area contributed by atoms with Gasteiger partial charge < -0.3 is 26.5 Å². The van der Waals surface area contributed by atoms with Crippen molar-refractivity contribution in [3.05, 3.63) is 36.0 Å². The smallest absolute Gasteiger partial charge is 0.326 e. The van der Waals surface area contributed by atoms with Crippen LogP contribution in [0.25, 0.3) is 10.9 Å². The average molecular weight is 388 g/mol. The number of carbonyl (C=O) groups is 3. The molecule has 0 saturated carbocycles. The number of aromatic amines is 1. The van der Waals surface area contributed by atoms with E-state index in [9.17, 15) is 19.5 Å². The van der Waals surface area contributed by atoms with Gasteiger partial charge in [0.1, 0.15) is 12.1 Å². The molecule has 3 unspecified atom stereocenters. The highest BCUT2D eigenvalue weighted by molar-refractivity contribution is 5.92. The summed E-state index contributed by atoms with van der Waals surface area (Å²) in [5.41, 5.74) is 7.89. The average Bonchev–Trinajstić information content (AvgIpc) is 3.03. The van der Waals surface area contributed by atoms with Gasteiger partial charge in [-0.05, 0) is 37.3 Å². The molecular weight excluding hydrogens is 360 g/mol. The van der Waals surface area contributed by atoms with Crippen molar-refractivity contribution in [3.8, 4) is 0 Å². The number of nitrogens with two attached hydrogens (primary N) is 1. The molecule has 0 saturated heterocycles. The minimum absolute atomic E-state index is 0.107. The summed E-state index contributed by atoms with van der Waals surface area (Å²) >= 11 is 0. The molecule has 0 fully saturated rings. The molecule has 0 radical (unpaired) electrons. The fourth-order valence-corrected chi connectivity index (χ4v) is 3.01. The first-order valence-electron chi connectivity index (χ1n) is 9.33. The zero-order chi connectivity index (χ0) is 20.8. The summed E-state index contributed by atoms with van der Waals surface area (Å²) in [7, 11) is 0. The molecule has 2 amide bonds. The van der Waals surface area contributed by atoms with E-state index in [-0.39, 0.29) is 5.92 Å². The van der Waals surface area contributed by atoms with Crippen LogP contribution in [0, 0.1) is 5.92 Å². The van der Waals surface area contributed by atoms with Crippen LogP contribution in [0.3, 0.4) is 0 Å². The molecule has 2 aromatic rings. The molecule has 28 heavy (non-hydrogen) atoms. The Morgan fingerprint density at radius 2 is 1.79 bits per heavy atom. The largest absolute Gasteiger partial charge is 0.480 e. The molecule has 1 heterocycles. The first kappa shape index (κ1) is 21.4. The fourth-order valence-electron chi connectivity index (χ4n) is 3.01. The summed E-state index contributed by atoms with van der Waals surface area (Å²) in [4.78, 5) is 39.0. The van der Waals surface area contributed by atoms with Gasteiger partial charge in [-0.15, -0.1) is 0 Å². The highest BCUT2D eigenvalue weighted by atomic mass is 16.4. The van der Waals surface area contributed by atoms with Gasteiger partial charge in [0.05, 0.1) is 6.04 Å². The monoisotopic (exact) mass is 388 g/mol. The molecular formula is C20H28N4O4. The third kappa shape index (κ3) is 5.56. The maximum atomic E-state index is 12.4. The van der Waals surface area contributed by atoms with Crippen molar-refractivity contribution in [2.75, 3.05) is 0 Å². The van der Waals surface area contributed by atoms with E-state index in [2.05, 4.69) is 15.6 Å². The molecule has 0 aliphatic rings. The van der Waals surface area contributed by atoms with E-state index in [0.717, 1.165) is 16.5 Å². The van der Waals surface area contributed by atoms with Crippen LogP contribution in [0.2, 0.25) is 0 Å². The first-order valence-corrected chi connectivity index (χ1v) is 9.33. The van der Waals surface area contributed by atoms with Gasteiger partial charge in [0.15, 0.2) is 0 Å². The van der Waals surface area contributed by atoms with E-state index in [1.165, 1.54) is 6.92 Å². The van der Waals surface area contributed by atoms with Gasteiger partial charge >= 0.3 is 5.97 Å². The van der Waals surface area contributed by atoms with E-state index in [1.807, 2.05) is 44.3 Å². The van der Waals surface area contributed by atoms with Crippen molar-refractivity contribution in [1.82, 2.24) is 15.6 Å². The standard InChI is InChI=1S/C20H28N4O4/c1-11(2)8-17(20(27)28)24-18(25)12(3)23-19(26)15(21)9-13-10-22-16-7-5-4-6-14(13)16/h4-7,10-12,15,17,22H,8-9,21H2,1-3H3,(H,23,26)(H,24,25)(H,27,28). The van der Waals surface area contributed by atoms with Crippen molar-refractivity contribution in [2.24, 2.45) is 11.7 Å². The lowest BCUT2D eigenvalue weighted by molar-refractivity contribution is -0.142. The fraction of sp³-hybridized carbons (Fsp3) is 0.450. The maximum absolute atomic E-state index is 12.4. The molecule has 1 aromatic carbocycles. The van der Waals surface area contributed by atoms with E-state index < -0.39 is 35.9 Å². The minimum Gasteiger partial charge on any atom is -0.480 e. The summed E-state index contributed by atoms with van der Waals surface area (Å²) in [6.07, 6.45) is 2.44. The summed E-state index contributed by atoms with van der Waals surface area (Å²) in [6.45, 7) is 5.24. The van der Waals surface area contributed by atoms with Crippen LogP contribution < -0.4 is 16.4 Å². The van der Waals surface area contributed by atoms with Crippen LogP contribution in [-0.2, 0) is 20.8 Å². The van der Waals surface area contributed by atoms with Crippen LogP contribution in [-0.4, -0.2) is 46.0 Å². The van der Waals surface area contributed by atoms with Gasteiger partial charge in [-0.25, -0.2) is 4.79 Å². The lowest BCUT2D eigenvalue weighted by Gasteiger charge is -2.21. The quantitative estimate of drug-likeness (QED) is 0.439. The number of rotatable bonds is 9. The number of para-hydroxylation sites is 1. The number of aliphatic carboxylic acids is 1. The predicted molar refractivity (Wildman–Crippen MR) is 107 cm³/mol. The third-order valence-corrected chi connectivity index (χ3v) is 4.53. The predicted octanol–water partition coefficient (Wildman–Crippen LogP) is 1.16. The van der Waals surface area contributed by atoms with E-state index in [0.29, 0.717) is 12.8 Å². The van der Waals surface area contributed by atoms with Crippen LogP contribution in [0.4, 0.5) is 0 Å². The highest BCUT2D eigenvalue weighted by Crippen LogP contribution is 2.18. The van der Waals surface area contributed by atoms with Gasteiger partial charge in [-0.2, -0.15) is 0 Å². The Morgan fingerprint density at radius 1 is 1.11 bits per heavy atom. The summed E-state index contributed by atoms with van der Waals surface area (Å²) in [6, 6.07) is 4.99. The molecule has 8 heteroatoms. The van der Waals surface area contributed by atoms with E-state index >= 15 is 0 Å². The van der Waals surface area contributed by atoms with E-state index in [1.54, 1.807) is 0 Å². The summed E-state index contributed by atoms with van der Waals surface area (Å²) in [5, 5.41) is 15.2. The lowest BCUT2D eigenvalue weighted by atomic mass is 10.0. The first-order chi connectivity index (χ1) is 13.2. The normalized spacial score (nSPS) is 14.5. The van der Waals surface area contributed by atoms with Crippen LogP contribution in [0.1, 0.15) is 32.8 Å². The number of hydrogen-bond acceptors (Lipinski definition) is 4. The van der Waals surface area contributed by atoms with Crippen molar-refractivity contribution < 1.29 is 19.5 Å². The Bertz CT molecular complexity index is 846. The van der Waals surface area contributed by atoms with Gasteiger partial charge in [0.25, 0.3) is 0 Å². The van der Waals surface area contributed by atoms with Gasteiger partial charge in [-0.3, -0.25) is 9.59 Å². The lowest BCUT2D eigenvalue weighted by Crippen LogP contribution is -2.53. The molecule has 6 N–H and O–H groups in total. The number of carbonyl (C=O) groups excluding carboxylic acids is 2. The SMILES string of the molecule is CC(C)CC(NC(=O)C(C)NC(=O)C(N)Cc1c[nH]c2ccccc12)C(=O)O. The molecule has 152 valence electrons. The molecule has 3 atom stereocenters. The topological polar surface area (TPSA) is 137 Å². The molecule has 8 nitrogen and oxygen atoms in total. The number of hydrogen-bond donors (Lipinski definition) is 5. The van der Waals surface area contributed by atoms with Crippen LogP contribution in [0.15, 0.2) is 30.5 Å². The maximum Gasteiger partial charge on any atom is 0.326 e. The number of H-pyrrole nitrogens is 1. The molecule has 1 aromatic heterocycles. The summed E-state index contributed by atoms with van der Waals surface area (Å²) < 4.78 is 0. The second-order valence-corrected chi connectivity index (χ2v) is 7.43. The van der Waals surface area contributed by atoms with Gasteiger partial charge in [0, 0.05) is 17.1 Å². The Morgan fingerprint density at radius 3 is 2.43 bits per heavy atom. The van der Waals surface area contributed by atoms with Crippen molar-refractivity contribution >= 4 is 28.7 Å². The van der Waals surface area contributed by atoms with E-state index in [4.69, 9.17) is 5.73 Å². The van der Waals surface area contributed by atoms with Crippen LogP contribution in [0.5, 0.6) is 0 Å². The third-order valence-electron chi connectivity index (χ3n) is 4.53. The number of carboxylic acids is 1. The molecule has 0 aliphatic heterocycles. The number of fused-ring (bicyclic) bond motifs is 1. The number of amides is 2. The zero-order valence-corrected chi connectivity index (χ0v) is 16.4. The molecule has 0 aliphatic carbocycles. The highest BCUT2D eigenvalue weighted by Gasteiger charge is 2.26. The molecule has 0 spiro atoms. The summed E-state index contributed by atoms with van der Waals surface area (Å²) in [5.74, 6) is -2.02. The number of carboxylic acid groups (broad SMARTS) is 1. The van der Waals surface area contributed by atoms with Crippen molar-refractivity contribution in [1.29, 1.82) is 0 Å². The van der Waals surface area contributed by atoms with Crippen molar-refractivity contribution in [3.63, 3.8) is 0 Å². The molecule has 2 rings (SSSR count). The second kappa shape index (κ2) is 9.36. The van der Waals surface area contributed by atoms with Crippen LogP contribution >= 0.6 is 0 Å². The Hall–Kier alpha value is -2.87. The Balaban J connectivity index is 1.93. The molecule has 0 bridgehead atoms. The Labute approximate surface area is 163 Å². The number of nitrogens with one attached hydrogen (secondary N) is 3. The van der Waals surface area contributed by atoms with Crippen molar-refractivity contribution in [2.45, 2.75) is 51.7 Å². The Kier molecular flexibility index (Phi) is 7.17. The minimum atomic E-state index is -1.10. The number of aromatic nitrogens is 1.